The standard InChI is InChI=1S/C50H33N/c1-2-11-34(12-3-1)44-16-8-9-20-49(44)51(41-31-27-38-22-21-35-13-4-6-15-43(35)48(38)33-41)40-29-25-37(26-30-40)42-18-10-19-47-46(42)32-28-39-24-23-36-14-5-7-17-45(36)50(39)47/h1-33H. The fraction of sp³-hybridized carbons (Fsp3) is 0. The van der Waals surface area contributed by atoms with Crippen molar-refractivity contribution in [1.29, 1.82) is 0 Å². The lowest BCUT2D eigenvalue weighted by Crippen LogP contribution is -2.11. The van der Waals surface area contributed by atoms with E-state index in [1.807, 2.05) is 0 Å². The van der Waals surface area contributed by atoms with Gasteiger partial charge in [0.05, 0.1) is 5.69 Å². The Balaban J connectivity index is 1.15. The number of benzene rings is 10. The average molecular weight is 648 g/mol. The van der Waals surface area contributed by atoms with Crippen molar-refractivity contribution < 1.29 is 0 Å². The first kappa shape index (κ1) is 29.2. The van der Waals surface area contributed by atoms with Crippen LogP contribution in [-0.4, -0.2) is 0 Å². The largest absolute Gasteiger partial charge is 0.310 e. The zero-order valence-corrected chi connectivity index (χ0v) is 28.0. The Morgan fingerprint density at radius 2 is 0.824 bits per heavy atom. The van der Waals surface area contributed by atoms with Crippen LogP contribution in [0.3, 0.4) is 0 Å². The van der Waals surface area contributed by atoms with Gasteiger partial charge in [-0.05, 0) is 101 Å². The first-order chi connectivity index (χ1) is 25.3. The number of anilines is 3. The summed E-state index contributed by atoms with van der Waals surface area (Å²) in [6.45, 7) is 0. The van der Waals surface area contributed by atoms with E-state index in [2.05, 4.69) is 205 Å². The Labute approximate surface area is 297 Å². The summed E-state index contributed by atoms with van der Waals surface area (Å²) < 4.78 is 0. The van der Waals surface area contributed by atoms with E-state index in [1.54, 1.807) is 0 Å². The SMILES string of the molecule is c1ccc(-c2ccccc2N(c2ccc(-c3cccc4c3ccc3ccc5ccccc5c34)cc2)c2ccc3ccc4ccccc4c3c2)cc1. The Morgan fingerprint density at radius 3 is 1.65 bits per heavy atom. The summed E-state index contributed by atoms with van der Waals surface area (Å²) in [5.74, 6) is 0. The number of nitrogens with zero attached hydrogens (tertiary/aromatic N) is 1. The third-order valence-corrected chi connectivity index (χ3v) is 10.4. The van der Waals surface area contributed by atoms with Crippen LogP contribution in [0, 0.1) is 0 Å². The predicted octanol–water partition coefficient (Wildman–Crippen LogP) is 14.3. The molecule has 0 N–H and O–H groups in total. The average Bonchev–Trinajstić information content (AvgIpc) is 3.21. The molecule has 0 aromatic heterocycles. The monoisotopic (exact) mass is 647 g/mol. The number of hydrogen-bond acceptors (Lipinski definition) is 1. The quantitative estimate of drug-likeness (QED) is 0.168. The van der Waals surface area contributed by atoms with Gasteiger partial charge in [-0.15, -0.1) is 0 Å². The van der Waals surface area contributed by atoms with Crippen LogP contribution >= 0.6 is 0 Å². The van der Waals surface area contributed by atoms with Gasteiger partial charge < -0.3 is 4.90 Å². The lowest BCUT2D eigenvalue weighted by Gasteiger charge is -2.28. The highest BCUT2D eigenvalue weighted by Gasteiger charge is 2.18. The van der Waals surface area contributed by atoms with E-state index in [0.717, 1.165) is 17.1 Å². The van der Waals surface area contributed by atoms with Crippen LogP contribution in [0.15, 0.2) is 200 Å². The molecule has 1 nitrogen and oxygen atoms in total. The van der Waals surface area contributed by atoms with Crippen molar-refractivity contribution in [3.63, 3.8) is 0 Å². The summed E-state index contributed by atoms with van der Waals surface area (Å²) in [4.78, 5) is 2.41. The van der Waals surface area contributed by atoms with Crippen LogP contribution in [0.4, 0.5) is 17.1 Å². The molecule has 0 aliphatic heterocycles. The Bertz CT molecular complexity index is 2900. The maximum absolute atomic E-state index is 2.41. The zero-order valence-electron chi connectivity index (χ0n) is 28.0. The van der Waals surface area contributed by atoms with Crippen LogP contribution in [0.25, 0.3) is 76.1 Å². The summed E-state index contributed by atoms with van der Waals surface area (Å²) in [5, 5.41) is 12.7. The minimum absolute atomic E-state index is 1.11. The molecule has 0 bridgehead atoms. The molecule has 0 saturated carbocycles. The molecule has 10 aromatic carbocycles. The van der Waals surface area contributed by atoms with Crippen molar-refractivity contribution in [1.82, 2.24) is 0 Å². The minimum atomic E-state index is 1.11. The van der Waals surface area contributed by atoms with Crippen molar-refractivity contribution in [3.8, 4) is 22.3 Å². The molecule has 10 aromatic rings. The van der Waals surface area contributed by atoms with Crippen molar-refractivity contribution in [3.05, 3.63) is 200 Å². The summed E-state index contributed by atoms with van der Waals surface area (Å²) in [6.07, 6.45) is 0. The highest BCUT2D eigenvalue weighted by atomic mass is 15.1. The fourth-order valence-electron chi connectivity index (χ4n) is 7.99. The molecule has 0 aliphatic rings. The minimum Gasteiger partial charge on any atom is -0.310 e. The highest BCUT2D eigenvalue weighted by molar-refractivity contribution is 6.22. The normalized spacial score (nSPS) is 11.5. The van der Waals surface area contributed by atoms with E-state index in [-0.39, 0.29) is 0 Å². The smallest absolute Gasteiger partial charge is 0.0540 e. The van der Waals surface area contributed by atoms with E-state index < -0.39 is 0 Å². The van der Waals surface area contributed by atoms with E-state index in [1.165, 1.54) is 76.1 Å². The number of para-hydroxylation sites is 1. The van der Waals surface area contributed by atoms with Gasteiger partial charge in [-0.3, -0.25) is 0 Å². The third-order valence-electron chi connectivity index (χ3n) is 10.4. The van der Waals surface area contributed by atoms with Crippen LogP contribution in [0.5, 0.6) is 0 Å². The topological polar surface area (TPSA) is 3.24 Å². The first-order valence-electron chi connectivity index (χ1n) is 17.6. The Morgan fingerprint density at radius 1 is 0.275 bits per heavy atom. The molecule has 10 rings (SSSR count). The second-order valence-electron chi connectivity index (χ2n) is 13.3. The van der Waals surface area contributed by atoms with Gasteiger partial charge in [0, 0.05) is 16.9 Å². The Kier molecular flexibility index (Phi) is 6.89. The van der Waals surface area contributed by atoms with Gasteiger partial charge in [-0.25, -0.2) is 0 Å². The van der Waals surface area contributed by atoms with Crippen LogP contribution < -0.4 is 4.90 Å². The number of rotatable bonds is 5. The number of hydrogen-bond donors (Lipinski definition) is 0. The molecule has 238 valence electrons. The first-order valence-corrected chi connectivity index (χ1v) is 17.6. The van der Waals surface area contributed by atoms with E-state index in [0.29, 0.717) is 0 Å². The van der Waals surface area contributed by atoms with Crippen molar-refractivity contribution in [2.45, 2.75) is 0 Å². The summed E-state index contributed by atoms with van der Waals surface area (Å²) in [6, 6.07) is 73.0. The molecule has 0 atom stereocenters. The van der Waals surface area contributed by atoms with Gasteiger partial charge in [0.15, 0.2) is 0 Å². The number of fused-ring (bicyclic) bond motifs is 8. The van der Waals surface area contributed by atoms with E-state index in [9.17, 15) is 0 Å². The van der Waals surface area contributed by atoms with Crippen molar-refractivity contribution >= 4 is 70.9 Å². The predicted molar refractivity (Wildman–Crippen MR) is 220 cm³/mol. The summed E-state index contributed by atoms with van der Waals surface area (Å²) in [7, 11) is 0. The maximum atomic E-state index is 2.41. The van der Waals surface area contributed by atoms with Gasteiger partial charge in [0.25, 0.3) is 0 Å². The molecule has 0 fully saturated rings. The molecule has 51 heavy (non-hydrogen) atoms. The van der Waals surface area contributed by atoms with Crippen LogP contribution in [0.2, 0.25) is 0 Å². The molecule has 0 saturated heterocycles. The molecule has 0 aliphatic carbocycles. The van der Waals surface area contributed by atoms with Crippen molar-refractivity contribution in [2.24, 2.45) is 0 Å². The highest BCUT2D eigenvalue weighted by Crippen LogP contribution is 2.43. The van der Waals surface area contributed by atoms with Crippen molar-refractivity contribution in [2.75, 3.05) is 4.90 Å². The molecule has 1 heteroatoms. The molecular formula is C50H33N. The van der Waals surface area contributed by atoms with Gasteiger partial charge in [0.1, 0.15) is 0 Å². The zero-order chi connectivity index (χ0) is 33.7. The molecule has 0 radical (unpaired) electrons. The molecule has 0 heterocycles. The summed E-state index contributed by atoms with van der Waals surface area (Å²) >= 11 is 0. The van der Waals surface area contributed by atoms with E-state index in [4.69, 9.17) is 0 Å². The molecule has 0 spiro atoms. The summed E-state index contributed by atoms with van der Waals surface area (Å²) in [5.41, 5.74) is 8.19. The van der Waals surface area contributed by atoms with Gasteiger partial charge in [-0.1, -0.05) is 170 Å². The lowest BCUT2D eigenvalue weighted by atomic mass is 9.92. The van der Waals surface area contributed by atoms with Crippen LogP contribution in [0.1, 0.15) is 0 Å². The van der Waals surface area contributed by atoms with Crippen LogP contribution in [-0.2, 0) is 0 Å². The molecule has 0 unspecified atom stereocenters. The van der Waals surface area contributed by atoms with E-state index >= 15 is 0 Å². The van der Waals surface area contributed by atoms with Gasteiger partial charge >= 0.3 is 0 Å². The molecular weight excluding hydrogens is 615 g/mol. The van der Waals surface area contributed by atoms with Gasteiger partial charge in [0.2, 0.25) is 0 Å². The second kappa shape index (κ2) is 12.0. The second-order valence-corrected chi connectivity index (χ2v) is 13.3. The lowest BCUT2D eigenvalue weighted by molar-refractivity contribution is 1.29. The maximum Gasteiger partial charge on any atom is 0.0540 e. The van der Waals surface area contributed by atoms with Gasteiger partial charge in [-0.2, -0.15) is 0 Å². The molecule has 0 amide bonds. The Hall–Kier alpha value is -6.70. The fourth-order valence-corrected chi connectivity index (χ4v) is 7.99. The third kappa shape index (κ3) is 4.94.